The number of nitrogens with zero attached hydrogens (tertiary/aromatic N) is 1. The first-order valence-corrected chi connectivity index (χ1v) is 6.90. The number of unbranched alkanes of at least 4 members (excludes halogenated alkanes) is 3. The summed E-state index contributed by atoms with van der Waals surface area (Å²) in [7, 11) is 0. The molecule has 1 aliphatic carbocycles. The van der Waals surface area contributed by atoms with Crippen LogP contribution in [0.15, 0.2) is 0 Å². The van der Waals surface area contributed by atoms with Gasteiger partial charge in [-0.25, -0.2) is 0 Å². The third kappa shape index (κ3) is 2.53. The van der Waals surface area contributed by atoms with E-state index in [2.05, 4.69) is 6.92 Å². The Morgan fingerprint density at radius 2 is 1.59 bits per heavy atom. The molecule has 1 saturated heterocycles. The van der Waals surface area contributed by atoms with Crippen LogP contribution in [0.3, 0.4) is 0 Å². The second-order valence-corrected chi connectivity index (χ2v) is 5.24. The van der Waals surface area contributed by atoms with Gasteiger partial charge in [0.05, 0.1) is 11.8 Å². The van der Waals surface area contributed by atoms with Crippen molar-refractivity contribution >= 4 is 11.8 Å². The Morgan fingerprint density at radius 3 is 2.12 bits per heavy atom. The fourth-order valence-corrected chi connectivity index (χ4v) is 3.07. The lowest BCUT2D eigenvalue weighted by molar-refractivity contribution is -0.139. The van der Waals surface area contributed by atoms with Crippen molar-refractivity contribution < 1.29 is 9.59 Å². The lowest BCUT2D eigenvalue weighted by Gasteiger charge is -2.19. The van der Waals surface area contributed by atoms with E-state index in [4.69, 9.17) is 0 Å². The normalized spacial score (nSPS) is 28.6. The van der Waals surface area contributed by atoms with Crippen LogP contribution in [-0.4, -0.2) is 23.3 Å². The molecule has 1 heterocycles. The molecule has 0 aromatic carbocycles. The molecular weight excluding hydrogens is 214 g/mol. The van der Waals surface area contributed by atoms with Crippen molar-refractivity contribution in [1.82, 2.24) is 4.90 Å². The fraction of sp³-hybridized carbons (Fsp3) is 0.786. The van der Waals surface area contributed by atoms with Gasteiger partial charge in [0.25, 0.3) is 0 Å². The minimum atomic E-state index is 0.0177. The number of imide groups is 1. The Bertz CT molecular complexity index is 277. The highest BCUT2D eigenvalue weighted by molar-refractivity contribution is 6.05. The summed E-state index contributed by atoms with van der Waals surface area (Å²) in [5.41, 5.74) is 0. The van der Waals surface area contributed by atoms with E-state index in [0.717, 1.165) is 51.4 Å². The third-order valence-corrected chi connectivity index (χ3v) is 4.06. The number of carbonyl (C=O) groups excluding carboxylic acids is 2. The number of hydrogen-bond acceptors (Lipinski definition) is 2. The maximum atomic E-state index is 12.1. The van der Waals surface area contributed by atoms with Crippen LogP contribution in [0.1, 0.15) is 51.4 Å². The number of carbonyl (C=O) groups is 2. The fourth-order valence-electron chi connectivity index (χ4n) is 3.07. The second-order valence-electron chi connectivity index (χ2n) is 5.24. The number of rotatable bonds is 5. The van der Waals surface area contributed by atoms with Crippen molar-refractivity contribution in [3.8, 4) is 0 Å². The first-order chi connectivity index (χ1) is 8.25. The third-order valence-electron chi connectivity index (χ3n) is 4.06. The molecule has 2 amide bonds. The van der Waals surface area contributed by atoms with Crippen LogP contribution in [0.5, 0.6) is 0 Å². The van der Waals surface area contributed by atoms with Crippen molar-refractivity contribution in [2.24, 2.45) is 11.8 Å². The molecule has 1 saturated carbocycles. The van der Waals surface area contributed by atoms with E-state index in [1.807, 2.05) is 0 Å². The zero-order chi connectivity index (χ0) is 12.3. The summed E-state index contributed by atoms with van der Waals surface area (Å²) >= 11 is 0. The van der Waals surface area contributed by atoms with E-state index < -0.39 is 0 Å². The lowest BCUT2D eigenvalue weighted by atomic mass is 9.81. The summed E-state index contributed by atoms with van der Waals surface area (Å²) in [4.78, 5) is 25.7. The predicted octanol–water partition coefficient (Wildman–Crippen LogP) is 2.56. The van der Waals surface area contributed by atoms with Crippen LogP contribution in [-0.2, 0) is 9.59 Å². The molecular formula is C14H22NO2. The minimum Gasteiger partial charge on any atom is -0.282 e. The van der Waals surface area contributed by atoms with Crippen LogP contribution in [0.4, 0.5) is 0 Å². The Labute approximate surface area is 104 Å². The largest absolute Gasteiger partial charge is 0.282 e. The van der Waals surface area contributed by atoms with Gasteiger partial charge in [0, 0.05) is 6.54 Å². The van der Waals surface area contributed by atoms with Gasteiger partial charge in [-0.3, -0.25) is 14.5 Å². The second kappa shape index (κ2) is 5.65. The summed E-state index contributed by atoms with van der Waals surface area (Å²) in [5, 5.41) is 0. The Kier molecular flexibility index (Phi) is 4.19. The zero-order valence-electron chi connectivity index (χ0n) is 10.5. The van der Waals surface area contributed by atoms with Crippen molar-refractivity contribution in [2.75, 3.05) is 6.54 Å². The Balaban J connectivity index is 1.89. The van der Waals surface area contributed by atoms with E-state index in [1.165, 1.54) is 4.90 Å². The molecule has 17 heavy (non-hydrogen) atoms. The quantitative estimate of drug-likeness (QED) is 0.543. The van der Waals surface area contributed by atoms with Gasteiger partial charge in [-0.2, -0.15) is 0 Å². The van der Waals surface area contributed by atoms with Gasteiger partial charge in [0.2, 0.25) is 11.8 Å². The van der Waals surface area contributed by atoms with Crippen molar-refractivity contribution in [3.63, 3.8) is 0 Å². The van der Waals surface area contributed by atoms with Crippen LogP contribution in [0, 0.1) is 18.8 Å². The van der Waals surface area contributed by atoms with E-state index in [9.17, 15) is 9.59 Å². The van der Waals surface area contributed by atoms with Crippen LogP contribution in [0.2, 0.25) is 0 Å². The van der Waals surface area contributed by atoms with Gasteiger partial charge in [-0.1, -0.05) is 39.0 Å². The van der Waals surface area contributed by atoms with Crippen LogP contribution >= 0.6 is 0 Å². The van der Waals surface area contributed by atoms with E-state index in [-0.39, 0.29) is 23.7 Å². The van der Waals surface area contributed by atoms with E-state index >= 15 is 0 Å². The summed E-state index contributed by atoms with van der Waals surface area (Å²) < 4.78 is 0. The Hall–Kier alpha value is -0.860. The maximum absolute atomic E-state index is 12.1. The number of likely N-dealkylation sites (tertiary alicyclic amines) is 1. The SMILES string of the molecule is [CH2]CCCCCN1C(=O)C2CCCCC2C1=O. The number of amides is 2. The standard InChI is InChI=1S/C14H22NO2/c1-2-3-4-7-10-15-13(16)11-8-5-6-9-12(11)14(15)17/h11-12H,1-10H2. The first-order valence-electron chi connectivity index (χ1n) is 6.90. The lowest BCUT2D eigenvalue weighted by Crippen LogP contribution is -2.32. The molecule has 2 unspecified atom stereocenters. The van der Waals surface area contributed by atoms with Gasteiger partial charge < -0.3 is 0 Å². The van der Waals surface area contributed by atoms with Gasteiger partial charge in [-0.15, -0.1) is 0 Å². The van der Waals surface area contributed by atoms with Crippen LogP contribution in [0.25, 0.3) is 0 Å². The summed E-state index contributed by atoms with van der Waals surface area (Å²) in [6, 6.07) is 0. The maximum Gasteiger partial charge on any atom is 0.233 e. The molecule has 0 N–H and O–H groups in total. The monoisotopic (exact) mass is 236 g/mol. The molecule has 3 heteroatoms. The van der Waals surface area contributed by atoms with Crippen LogP contribution < -0.4 is 0 Å². The molecule has 0 aromatic heterocycles. The average Bonchev–Trinajstić information content (AvgIpc) is 2.60. The van der Waals surface area contributed by atoms with E-state index in [1.54, 1.807) is 0 Å². The minimum absolute atomic E-state index is 0.0177. The highest BCUT2D eigenvalue weighted by Gasteiger charge is 2.47. The van der Waals surface area contributed by atoms with Crippen molar-refractivity contribution in [2.45, 2.75) is 51.4 Å². The molecule has 2 atom stereocenters. The number of hydrogen-bond donors (Lipinski definition) is 0. The smallest absolute Gasteiger partial charge is 0.233 e. The van der Waals surface area contributed by atoms with Crippen molar-refractivity contribution in [1.29, 1.82) is 0 Å². The molecule has 2 aliphatic rings. The van der Waals surface area contributed by atoms with Gasteiger partial charge in [0.1, 0.15) is 0 Å². The summed E-state index contributed by atoms with van der Waals surface area (Å²) in [5.74, 6) is 0.247. The van der Waals surface area contributed by atoms with Gasteiger partial charge >= 0.3 is 0 Å². The molecule has 2 fully saturated rings. The molecule has 95 valence electrons. The van der Waals surface area contributed by atoms with Crippen molar-refractivity contribution in [3.05, 3.63) is 6.92 Å². The molecule has 0 spiro atoms. The van der Waals surface area contributed by atoms with E-state index in [0.29, 0.717) is 6.54 Å². The highest BCUT2D eigenvalue weighted by atomic mass is 16.2. The summed E-state index contributed by atoms with van der Waals surface area (Å²) in [6.45, 7) is 4.43. The highest BCUT2D eigenvalue weighted by Crippen LogP contribution is 2.37. The topological polar surface area (TPSA) is 37.4 Å². The summed E-state index contributed by atoms with van der Waals surface area (Å²) in [6.07, 6.45) is 8.08. The average molecular weight is 236 g/mol. The molecule has 2 rings (SSSR count). The molecule has 1 aliphatic heterocycles. The molecule has 1 radical (unpaired) electrons. The van der Waals surface area contributed by atoms with Gasteiger partial charge in [-0.05, 0) is 19.3 Å². The predicted molar refractivity (Wildman–Crippen MR) is 66.0 cm³/mol. The molecule has 0 aromatic rings. The molecule has 3 nitrogen and oxygen atoms in total. The first kappa shape index (κ1) is 12.6. The molecule has 0 bridgehead atoms. The Morgan fingerprint density at radius 1 is 1.00 bits per heavy atom. The van der Waals surface area contributed by atoms with Gasteiger partial charge in [0.15, 0.2) is 0 Å². The number of fused-ring (bicyclic) bond motifs is 1. The zero-order valence-corrected chi connectivity index (χ0v) is 10.5.